The van der Waals surface area contributed by atoms with Crippen molar-refractivity contribution in [1.29, 1.82) is 0 Å². The number of unbranched alkanes of at least 4 members (excludes halogenated alkanes) is 57. The summed E-state index contributed by atoms with van der Waals surface area (Å²) in [4.78, 5) is 21.1. The fourth-order valence-electron chi connectivity index (χ4n) is 10.5. The molecule has 0 amide bonds. The molecule has 394 valence electrons. The summed E-state index contributed by atoms with van der Waals surface area (Å²) in [5.74, 6) is -1.30. The highest BCUT2D eigenvalue weighted by Crippen LogP contribution is 2.20. The summed E-state index contributed by atoms with van der Waals surface area (Å²) in [5.41, 5.74) is 0. The summed E-state index contributed by atoms with van der Waals surface area (Å²) >= 11 is 0. The van der Waals surface area contributed by atoms with Crippen molar-refractivity contribution in [2.75, 3.05) is 0 Å². The zero-order chi connectivity index (χ0) is 47.6. The van der Waals surface area contributed by atoms with E-state index in [0.717, 1.165) is 25.7 Å². The van der Waals surface area contributed by atoms with Gasteiger partial charge in [0.15, 0.2) is 0 Å². The van der Waals surface area contributed by atoms with E-state index >= 15 is 0 Å². The summed E-state index contributed by atoms with van der Waals surface area (Å²) in [6.07, 6.45) is 82.2. The van der Waals surface area contributed by atoms with Gasteiger partial charge in [0.2, 0.25) is 0 Å². The molecule has 0 aliphatic carbocycles. The molecule has 0 aromatic rings. The molecule has 0 fully saturated rings. The highest BCUT2D eigenvalue weighted by Gasteiger charge is 2.01. The zero-order valence-electron chi connectivity index (χ0n) is 45.1. The molecular formula is C62H122O4. The molecule has 0 rings (SSSR count). The third kappa shape index (κ3) is 62.9. The fraction of sp³-hybridized carbons (Fsp3) is 0.968. The van der Waals surface area contributed by atoms with Crippen molar-refractivity contribution in [2.24, 2.45) is 0 Å². The Bertz CT molecular complexity index is 830. The quantitative estimate of drug-likeness (QED) is 0.0596. The van der Waals surface area contributed by atoms with Gasteiger partial charge in [0.25, 0.3) is 0 Å². The maximum absolute atomic E-state index is 10.5. The second-order valence-electron chi connectivity index (χ2n) is 21.8. The van der Waals surface area contributed by atoms with E-state index in [1.165, 1.54) is 347 Å². The molecule has 0 saturated carbocycles. The fourth-order valence-corrected chi connectivity index (χ4v) is 10.5. The highest BCUT2D eigenvalue weighted by molar-refractivity contribution is 5.66. The minimum Gasteiger partial charge on any atom is -0.481 e. The largest absolute Gasteiger partial charge is 0.481 e. The van der Waals surface area contributed by atoms with Gasteiger partial charge in [0.1, 0.15) is 0 Å². The van der Waals surface area contributed by atoms with Crippen molar-refractivity contribution in [3.63, 3.8) is 0 Å². The van der Waals surface area contributed by atoms with E-state index in [0.29, 0.717) is 12.8 Å². The van der Waals surface area contributed by atoms with Crippen LogP contribution < -0.4 is 0 Å². The molecule has 0 aliphatic rings. The summed E-state index contributed by atoms with van der Waals surface area (Å²) < 4.78 is 0. The second-order valence-corrected chi connectivity index (χ2v) is 21.8. The van der Waals surface area contributed by atoms with Crippen LogP contribution in [0, 0.1) is 0 Å². The second kappa shape index (κ2) is 60.1. The number of aliphatic carboxylic acids is 2. The van der Waals surface area contributed by atoms with Crippen LogP contribution >= 0.6 is 0 Å². The molecule has 0 atom stereocenters. The minimum atomic E-state index is -0.648. The van der Waals surface area contributed by atoms with E-state index in [9.17, 15) is 9.59 Å². The highest BCUT2D eigenvalue weighted by atomic mass is 16.4. The van der Waals surface area contributed by atoms with Gasteiger partial charge < -0.3 is 10.2 Å². The van der Waals surface area contributed by atoms with Crippen LogP contribution in [0.25, 0.3) is 0 Å². The van der Waals surface area contributed by atoms with Gasteiger partial charge in [-0.3, -0.25) is 9.59 Å². The Morgan fingerprint density at radius 1 is 0.136 bits per heavy atom. The SMILES string of the molecule is O=C(O)CCCCCCCCCCCCCCCCCCCCCCCCCCCCCCCCCCCCCCCCCCCCCCCCCCCCCCCCCCCCC(=O)O. The average Bonchev–Trinajstić information content (AvgIpc) is 3.30. The third-order valence-corrected chi connectivity index (χ3v) is 15.0. The van der Waals surface area contributed by atoms with Crippen LogP contribution in [0.1, 0.15) is 385 Å². The molecule has 0 unspecified atom stereocenters. The van der Waals surface area contributed by atoms with Crippen LogP contribution in [-0.2, 0) is 9.59 Å². The molecule has 0 saturated heterocycles. The summed E-state index contributed by atoms with van der Waals surface area (Å²) in [6.45, 7) is 0. The Hall–Kier alpha value is -1.06. The van der Waals surface area contributed by atoms with Gasteiger partial charge in [-0.05, 0) is 12.8 Å². The predicted molar refractivity (Wildman–Crippen MR) is 292 cm³/mol. The van der Waals surface area contributed by atoms with Gasteiger partial charge in [0, 0.05) is 12.8 Å². The van der Waals surface area contributed by atoms with Gasteiger partial charge in [0.05, 0.1) is 0 Å². The van der Waals surface area contributed by atoms with Crippen LogP contribution in [0.3, 0.4) is 0 Å². The molecule has 66 heavy (non-hydrogen) atoms. The molecule has 4 nitrogen and oxygen atoms in total. The Morgan fingerprint density at radius 2 is 0.197 bits per heavy atom. The standard InChI is InChI=1S/C62H122O4/c63-61(64)59-57-55-53-51-49-47-45-43-41-39-37-35-33-31-29-27-25-23-21-19-17-15-13-11-9-7-5-3-1-2-4-6-8-10-12-14-16-18-20-22-24-26-28-30-32-34-36-38-40-42-44-46-48-50-52-54-56-58-60-62(65)66/h1-60H2,(H,63,64)(H,65,66). The number of carbonyl (C=O) groups is 2. The molecule has 0 aliphatic heterocycles. The lowest BCUT2D eigenvalue weighted by Crippen LogP contribution is -1.93. The number of rotatable bonds is 61. The molecule has 0 aromatic heterocycles. The first-order valence-electron chi connectivity index (χ1n) is 31.1. The average molecular weight is 932 g/mol. The monoisotopic (exact) mass is 931 g/mol. The first-order chi connectivity index (χ1) is 32.6. The lowest BCUT2D eigenvalue weighted by Gasteiger charge is -2.05. The zero-order valence-corrected chi connectivity index (χ0v) is 45.1. The van der Waals surface area contributed by atoms with Crippen molar-refractivity contribution < 1.29 is 19.8 Å². The number of carboxylic acids is 2. The van der Waals surface area contributed by atoms with Gasteiger partial charge in [-0.1, -0.05) is 360 Å². The first kappa shape index (κ1) is 64.9. The van der Waals surface area contributed by atoms with Crippen LogP contribution in [0.5, 0.6) is 0 Å². The van der Waals surface area contributed by atoms with Gasteiger partial charge in [-0.25, -0.2) is 0 Å². The molecule has 4 heteroatoms. The Labute approximate surface area is 415 Å². The van der Waals surface area contributed by atoms with E-state index in [2.05, 4.69) is 0 Å². The molecular weight excluding hydrogens is 809 g/mol. The van der Waals surface area contributed by atoms with Gasteiger partial charge in [-0.2, -0.15) is 0 Å². The Balaban J connectivity index is 3.07. The number of hydrogen-bond donors (Lipinski definition) is 2. The molecule has 0 heterocycles. The molecule has 0 spiro atoms. The van der Waals surface area contributed by atoms with Crippen LogP contribution in [0.15, 0.2) is 0 Å². The third-order valence-electron chi connectivity index (χ3n) is 15.0. The van der Waals surface area contributed by atoms with E-state index in [-0.39, 0.29) is 0 Å². The molecule has 2 N–H and O–H groups in total. The molecule has 0 aromatic carbocycles. The summed E-state index contributed by atoms with van der Waals surface area (Å²) in [6, 6.07) is 0. The first-order valence-corrected chi connectivity index (χ1v) is 31.1. The Morgan fingerprint density at radius 3 is 0.258 bits per heavy atom. The minimum absolute atomic E-state index is 0.345. The van der Waals surface area contributed by atoms with E-state index < -0.39 is 11.9 Å². The van der Waals surface area contributed by atoms with Crippen molar-refractivity contribution in [1.82, 2.24) is 0 Å². The lowest BCUT2D eigenvalue weighted by atomic mass is 10.0. The Kier molecular flexibility index (Phi) is 59.1. The smallest absolute Gasteiger partial charge is 0.303 e. The number of hydrogen-bond acceptors (Lipinski definition) is 2. The maximum atomic E-state index is 10.5. The van der Waals surface area contributed by atoms with Crippen molar-refractivity contribution >= 4 is 11.9 Å². The van der Waals surface area contributed by atoms with Gasteiger partial charge >= 0.3 is 11.9 Å². The van der Waals surface area contributed by atoms with Crippen LogP contribution in [-0.4, -0.2) is 22.2 Å². The normalized spacial score (nSPS) is 11.6. The summed E-state index contributed by atoms with van der Waals surface area (Å²) in [5, 5.41) is 17.4. The topological polar surface area (TPSA) is 74.6 Å². The van der Waals surface area contributed by atoms with E-state index in [4.69, 9.17) is 10.2 Å². The van der Waals surface area contributed by atoms with Crippen molar-refractivity contribution in [2.45, 2.75) is 385 Å². The lowest BCUT2D eigenvalue weighted by molar-refractivity contribution is -0.138. The molecule has 0 radical (unpaired) electrons. The number of carboxylic acid groups (broad SMARTS) is 2. The van der Waals surface area contributed by atoms with E-state index in [1.54, 1.807) is 0 Å². The van der Waals surface area contributed by atoms with Crippen molar-refractivity contribution in [3.05, 3.63) is 0 Å². The van der Waals surface area contributed by atoms with Crippen molar-refractivity contribution in [3.8, 4) is 0 Å². The summed E-state index contributed by atoms with van der Waals surface area (Å²) in [7, 11) is 0. The van der Waals surface area contributed by atoms with Gasteiger partial charge in [-0.15, -0.1) is 0 Å². The maximum Gasteiger partial charge on any atom is 0.303 e. The van der Waals surface area contributed by atoms with Crippen LogP contribution in [0.2, 0.25) is 0 Å². The molecule has 0 bridgehead atoms. The van der Waals surface area contributed by atoms with E-state index in [1.807, 2.05) is 0 Å². The van der Waals surface area contributed by atoms with Crippen LogP contribution in [0.4, 0.5) is 0 Å². The predicted octanol–water partition coefficient (Wildman–Crippen LogP) is 22.6.